The van der Waals surface area contributed by atoms with Crippen LogP contribution in [-0.4, -0.2) is 38.6 Å². The molecule has 0 aliphatic rings. The molecule has 0 saturated carbocycles. The molecular formula is C18H18N2O5. The maximum absolute atomic E-state index is 12.1. The van der Waals surface area contributed by atoms with Crippen molar-refractivity contribution in [1.82, 2.24) is 0 Å². The third-order valence-corrected chi connectivity index (χ3v) is 3.37. The van der Waals surface area contributed by atoms with Crippen LogP contribution >= 0.6 is 0 Å². The molecule has 0 spiro atoms. The van der Waals surface area contributed by atoms with Crippen molar-refractivity contribution in [3.63, 3.8) is 0 Å². The van der Waals surface area contributed by atoms with E-state index in [0.29, 0.717) is 16.9 Å². The molecule has 0 bridgehead atoms. The molecule has 2 aromatic rings. The first-order chi connectivity index (χ1) is 12.0. The topological polar surface area (TPSA) is 93.7 Å². The van der Waals surface area contributed by atoms with Crippen LogP contribution in [0.15, 0.2) is 48.5 Å². The summed E-state index contributed by atoms with van der Waals surface area (Å²) in [6, 6.07) is 13.1. The Morgan fingerprint density at radius 1 is 0.880 bits per heavy atom. The van der Waals surface area contributed by atoms with E-state index in [1.54, 1.807) is 48.5 Å². The molecule has 0 heterocycles. The first-order valence-corrected chi connectivity index (χ1v) is 7.44. The van der Waals surface area contributed by atoms with E-state index in [-0.39, 0.29) is 18.0 Å². The number of para-hydroxylation sites is 1. The lowest BCUT2D eigenvalue weighted by Crippen LogP contribution is -2.23. The zero-order valence-corrected chi connectivity index (χ0v) is 13.9. The Kier molecular flexibility index (Phi) is 6.11. The summed E-state index contributed by atoms with van der Waals surface area (Å²) in [4.78, 5) is 35.1. The van der Waals surface area contributed by atoms with Gasteiger partial charge in [0.05, 0.1) is 37.6 Å². The largest absolute Gasteiger partial charge is 0.465 e. The van der Waals surface area contributed by atoms with Crippen LogP contribution in [0.5, 0.6) is 0 Å². The van der Waals surface area contributed by atoms with Gasteiger partial charge in [-0.15, -0.1) is 0 Å². The number of nitrogens with one attached hydrogen (secondary N) is 2. The summed E-state index contributed by atoms with van der Waals surface area (Å²) < 4.78 is 9.30. The second kappa shape index (κ2) is 8.49. The quantitative estimate of drug-likeness (QED) is 0.783. The fourth-order valence-corrected chi connectivity index (χ4v) is 2.10. The molecule has 0 radical (unpaired) electrons. The number of carbonyl (C=O) groups excluding carboxylic acids is 3. The Bertz CT molecular complexity index is 771. The van der Waals surface area contributed by atoms with Crippen LogP contribution in [0.3, 0.4) is 0 Å². The van der Waals surface area contributed by atoms with Crippen molar-refractivity contribution in [1.29, 1.82) is 0 Å². The van der Waals surface area contributed by atoms with Crippen molar-refractivity contribution in [3.8, 4) is 0 Å². The molecule has 0 saturated heterocycles. The third-order valence-electron chi connectivity index (χ3n) is 3.37. The molecule has 2 rings (SSSR count). The highest BCUT2D eigenvalue weighted by Gasteiger charge is 2.13. The third kappa shape index (κ3) is 4.81. The van der Waals surface area contributed by atoms with Crippen molar-refractivity contribution < 1.29 is 23.9 Å². The minimum atomic E-state index is -0.526. The number of carbonyl (C=O) groups is 3. The highest BCUT2D eigenvalue weighted by molar-refractivity contribution is 6.02. The van der Waals surface area contributed by atoms with Crippen LogP contribution in [0.1, 0.15) is 20.7 Å². The lowest BCUT2D eigenvalue weighted by Gasteiger charge is -2.11. The van der Waals surface area contributed by atoms with Gasteiger partial charge in [-0.1, -0.05) is 12.1 Å². The number of hydrogen-bond acceptors (Lipinski definition) is 6. The number of hydrogen-bond donors (Lipinski definition) is 2. The average molecular weight is 342 g/mol. The van der Waals surface area contributed by atoms with Gasteiger partial charge in [-0.05, 0) is 36.4 Å². The van der Waals surface area contributed by atoms with E-state index >= 15 is 0 Å². The lowest BCUT2D eigenvalue weighted by atomic mass is 10.2. The smallest absolute Gasteiger partial charge is 0.339 e. The summed E-state index contributed by atoms with van der Waals surface area (Å²) >= 11 is 0. The van der Waals surface area contributed by atoms with Gasteiger partial charge in [-0.2, -0.15) is 0 Å². The molecule has 2 aromatic carbocycles. The van der Waals surface area contributed by atoms with Crippen molar-refractivity contribution in [2.24, 2.45) is 0 Å². The lowest BCUT2D eigenvalue weighted by molar-refractivity contribution is -0.114. The number of benzene rings is 2. The number of esters is 2. The molecule has 7 heteroatoms. The normalized spacial score (nSPS) is 9.84. The number of amides is 1. The SMILES string of the molecule is COC(=O)c1ccc(NCC(=O)Nc2ccccc2C(=O)OC)cc1. The summed E-state index contributed by atoms with van der Waals surface area (Å²) in [6.45, 7) is -0.00687. The fraction of sp³-hybridized carbons (Fsp3) is 0.167. The fourth-order valence-electron chi connectivity index (χ4n) is 2.10. The molecular weight excluding hydrogens is 324 g/mol. The van der Waals surface area contributed by atoms with Gasteiger partial charge in [0.2, 0.25) is 5.91 Å². The summed E-state index contributed by atoms with van der Waals surface area (Å²) in [5, 5.41) is 5.59. The molecule has 0 aliphatic carbocycles. The van der Waals surface area contributed by atoms with E-state index in [4.69, 9.17) is 0 Å². The van der Waals surface area contributed by atoms with Crippen molar-refractivity contribution in [2.45, 2.75) is 0 Å². The number of anilines is 2. The Hall–Kier alpha value is -3.35. The molecule has 0 aromatic heterocycles. The molecule has 0 fully saturated rings. The molecule has 1 amide bonds. The average Bonchev–Trinajstić information content (AvgIpc) is 2.66. The van der Waals surface area contributed by atoms with Gasteiger partial charge in [-0.25, -0.2) is 9.59 Å². The van der Waals surface area contributed by atoms with Gasteiger partial charge in [-0.3, -0.25) is 4.79 Å². The van der Waals surface area contributed by atoms with Gasteiger partial charge >= 0.3 is 11.9 Å². The van der Waals surface area contributed by atoms with E-state index < -0.39 is 11.9 Å². The Labute approximate surface area is 144 Å². The van der Waals surface area contributed by atoms with Crippen LogP contribution in [0.4, 0.5) is 11.4 Å². The van der Waals surface area contributed by atoms with Crippen LogP contribution in [0.25, 0.3) is 0 Å². The number of rotatable bonds is 6. The highest BCUT2D eigenvalue weighted by atomic mass is 16.5. The van der Waals surface area contributed by atoms with Gasteiger partial charge in [0, 0.05) is 5.69 Å². The number of ether oxygens (including phenoxy) is 2. The first-order valence-electron chi connectivity index (χ1n) is 7.44. The standard InChI is InChI=1S/C18H18N2O5/c1-24-17(22)12-7-9-13(10-8-12)19-11-16(21)20-15-6-4-3-5-14(15)18(23)25-2/h3-10,19H,11H2,1-2H3,(H,20,21). The van der Waals surface area contributed by atoms with Crippen LogP contribution in [-0.2, 0) is 14.3 Å². The number of methoxy groups -OCH3 is 2. The Balaban J connectivity index is 1.95. The predicted molar refractivity (Wildman–Crippen MR) is 92.7 cm³/mol. The van der Waals surface area contributed by atoms with Crippen LogP contribution in [0, 0.1) is 0 Å². The second-order valence-corrected chi connectivity index (χ2v) is 5.01. The van der Waals surface area contributed by atoms with Crippen molar-refractivity contribution >= 4 is 29.2 Å². The minimum absolute atomic E-state index is 0.00687. The van der Waals surface area contributed by atoms with Gasteiger partial charge < -0.3 is 20.1 Å². The summed E-state index contributed by atoms with van der Waals surface area (Å²) in [5.74, 6) is -1.28. The van der Waals surface area contributed by atoms with Crippen molar-refractivity contribution in [3.05, 3.63) is 59.7 Å². The maximum Gasteiger partial charge on any atom is 0.339 e. The molecule has 7 nitrogen and oxygen atoms in total. The minimum Gasteiger partial charge on any atom is -0.465 e. The second-order valence-electron chi connectivity index (χ2n) is 5.01. The molecule has 0 unspecified atom stereocenters. The summed E-state index contributed by atoms with van der Waals surface area (Å²) in [7, 11) is 2.59. The molecule has 2 N–H and O–H groups in total. The summed E-state index contributed by atoms with van der Waals surface area (Å²) in [5.41, 5.74) is 1.75. The monoisotopic (exact) mass is 342 g/mol. The van der Waals surface area contributed by atoms with E-state index in [1.807, 2.05) is 0 Å². The maximum atomic E-state index is 12.1. The van der Waals surface area contributed by atoms with E-state index in [0.717, 1.165) is 0 Å². The van der Waals surface area contributed by atoms with Crippen LogP contribution < -0.4 is 10.6 Å². The zero-order valence-electron chi connectivity index (χ0n) is 13.9. The first kappa shape index (κ1) is 18.0. The van der Waals surface area contributed by atoms with Crippen LogP contribution in [0.2, 0.25) is 0 Å². The van der Waals surface area contributed by atoms with E-state index in [2.05, 4.69) is 20.1 Å². The van der Waals surface area contributed by atoms with Gasteiger partial charge in [0.1, 0.15) is 0 Å². The van der Waals surface area contributed by atoms with E-state index in [9.17, 15) is 14.4 Å². The predicted octanol–water partition coefficient (Wildman–Crippen LogP) is 2.31. The molecule has 130 valence electrons. The summed E-state index contributed by atoms with van der Waals surface area (Å²) in [6.07, 6.45) is 0. The zero-order chi connectivity index (χ0) is 18.2. The van der Waals surface area contributed by atoms with Gasteiger partial charge in [0.25, 0.3) is 0 Å². The van der Waals surface area contributed by atoms with Crippen molar-refractivity contribution in [2.75, 3.05) is 31.4 Å². The van der Waals surface area contributed by atoms with Gasteiger partial charge in [0.15, 0.2) is 0 Å². The molecule has 0 atom stereocenters. The molecule has 25 heavy (non-hydrogen) atoms. The Morgan fingerprint density at radius 2 is 1.52 bits per heavy atom. The highest BCUT2D eigenvalue weighted by Crippen LogP contribution is 2.16. The molecule has 0 aliphatic heterocycles. The van der Waals surface area contributed by atoms with E-state index in [1.165, 1.54) is 14.2 Å². The Morgan fingerprint density at radius 3 is 2.16 bits per heavy atom.